The molecular weight excluding hydrogens is 493 g/mol. The quantitative estimate of drug-likeness (QED) is 0.335. The van der Waals surface area contributed by atoms with E-state index in [2.05, 4.69) is 46.0 Å². The van der Waals surface area contributed by atoms with Crippen molar-refractivity contribution < 1.29 is 12.8 Å². The van der Waals surface area contributed by atoms with Crippen molar-refractivity contribution in [1.82, 2.24) is 0 Å². The molecule has 4 aliphatic rings. The molecule has 0 aliphatic heterocycles. The molecular formula is C32H44O3SSi. The molecule has 4 saturated carbocycles. The standard InChI is InChI=1S/C32H44O3SSi/c1-7-8-15-36(33,34)28-12-10-9-11-25(28)26-13-14-27(31(2,3)4)29(30(26)35-37(5)6)32-19-22-16-23(20-32)18-24(17-22)21-32/h8-15,22-24,37H,7,16-21H2,1-6H3. The second-order valence-electron chi connectivity index (χ2n) is 13.3. The van der Waals surface area contributed by atoms with Gasteiger partial charge in [0.05, 0.1) is 4.90 Å². The summed E-state index contributed by atoms with van der Waals surface area (Å²) in [7, 11) is -5.06. The van der Waals surface area contributed by atoms with Gasteiger partial charge in [0.2, 0.25) is 9.04 Å². The summed E-state index contributed by atoms with van der Waals surface area (Å²) in [4.78, 5) is 0.370. The smallest absolute Gasteiger partial charge is 0.229 e. The van der Waals surface area contributed by atoms with E-state index in [1.165, 1.54) is 55.1 Å². The summed E-state index contributed by atoms with van der Waals surface area (Å²) in [6.07, 6.45) is 10.3. The Morgan fingerprint density at radius 2 is 1.54 bits per heavy atom. The lowest BCUT2D eigenvalue weighted by molar-refractivity contribution is -0.00654. The van der Waals surface area contributed by atoms with Crippen LogP contribution >= 0.6 is 0 Å². The van der Waals surface area contributed by atoms with E-state index in [4.69, 9.17) is 4.43 Å². The van der Waals surface area contributed by atoms with E-state index in [1.807, 2.05) is 25.1 Å². The largest absolute Gasteiger partial charge is 0.546 e. The third-order valence-electron chi connectivity index (χ3n) is 8.88. The Labute approximate surface area is 226 Å². The normalized spacial score (nSPS) is 27.4. The zero-order valence-corrected chi connectivity index (χ0v) is 25.5. The predicted octanol–water partition coefficient (Wildman–Crippen LogP) is 8.18. The van der Waals surface area contributed by atoms with Gasteiger partial charge in [-0.1, -0.05) is 64.1 Å². The summed E-state index contributed by atoms with van der Waals surface area (Å²) >= 11 is 0. The molecule has 0 saturated heterocycles. The maximum absolute atomic E-state index is 13.4. The van der Waals surface area contributed by atoms with Crippen LogP contribution < -0.4 is 4.43 Å². The van der Waals surface area contributed by atoms with Crippen molar-refractivity contribution in [2.45, 2.75) is 101 Å². The summed E-state index contributed by atoms with van der Waals surface area (Å²) < 4.78 is 33.8. The van der Waals surface area contributed by atoms with Gasteiger partial charge in [-0.05, 0) is 92.8 Å². The van der Waals surface area contributed by atoms with Crippen LogP contribution in [-0.2, 0) is 20.7 Å². The second kappa shape index (κ2) is 9.71. The van der Waals surface area contributed by atoms with Gasteiger partial charge < -0.3 is 4.43 Å². The maximum Gasteiger partial charge on any atom is 0.229 e. The first-order chi connectivity index (χ1) is 17.4. The fourth-order valence-electron chi connectivity index (χ4n) is 7.95. The maximum atomic E-state index is 13.4. The number of benzene rings is 2. The van der Waals surface area contributed by atoms with Crippen LogP contribution in [0.1, 0.15) is 83.8 Å². The van der Waals surface area contributed by atoms with Crippen LogP contribution in [0.3, 0.4) is 0 Å². The van der Waals surface area contributed by atoms with Crippen LogP contribution in [0.4, 0.5) is 0 Å². The highest BCUT2D eigenvalue weighted by Crippen LogP contribution is 2.64. The van der Waals surface area contributed by atoms with Gasteiger partial charge in [-0.2, -0.15) is 0 Å². The van der Waals surface area contributed by atoms with Gasteiger partial charge in [0.25, 0.3) is 0 Å². The molecule has 2 aromatic carbocycles. The minimum atomic E-state index is -3.57. The Hall–Kier alpha value is -1.85. The molecule has 0 unspecified atom stereocenters. The van der Waals surface area contributed by atoms with Gasteiger partial charge >= 0.3 is 0 Å². The Morgan fingerprint density at radius 3 is 2.08 bits per heavy atom. The topological polar surface area (TPSA) is 43.4 Å². The first-order valence-electron chi connectivity index (χ1n) is 14.3. The SMILES string of the molecule is CCC=CS(=O)(=O)c1ccccc1-c1ccc(C(C)(C)C)c(C23CC4CC(CC(C4)C2)C3)c1O[SiH](C)C. The molecule has 200 valence electrons. The van der Waals surface area contributed by atoms with Crippen LogP contribution in [0, 0.1) is 17.8 Å². The molecule has 0 spiro atoms. The molecule has 4 aliphatic carbocycles. The Kier molecular flexibility index (Phi) is 7.02. The lowest BCUT2D eigenvalue weighted by Crippen LogP contribution is -2.49. The van der Waals surface area contributed by atoms with Gasteiger partial charge in [0.1, 0.15) is 5.75 Å². The monoisotopic (exact) mass is 536 g/mol. The lowest BCUT2D eigenvalue weighted by Gasteiger charge is -2.58. The van der Waals surface area contributed by atoms with Crippen molar-refractivity contribution in [1.29, 1.82) is 0 Å². The first kappa shape index (κ1) is 26.7. The third-order valence-corrected chi connectivity index (χ3v) is 11.1. The van der Waals surface area contributed by atoms with Crippen molar-refractivity contribution in [3.05, 3.63) is 59.0 Å². The minimum Gasteiger partial charge on any atom is -0.546 e. The summed E-state index contributed by atoms with van der Waals surface area (Å²) in [5, 5.41) is 1.37. The summed E-state index contributed by atoms with van der Waals surface area (Å²) in [5.74, 6) is 3.44. The highest BCUT2D eigenvalue weighted by Gasteiger charge is 2.54. The van der Waals surface area contributed by atoms with E-state index < -0.39 is 18.9 Å². The second-order valence-corrected chi connectivity index (χ2v) is 17.4. The van der Waals surface area contributed by atoms with E-state index >= 15 is 0 Å². The molecule has 4 bridgehead atoms. The van der Waals surface area contributed by atoms with Crippen LogP contribution in [0.5, 0.6) is 5.75 Å². The van der Waals surface area contributed by atoms with Crippen molar-refractivity contribution >= 4 is 18.9 Å². The van der Waals surface area contributed by atoms with Gasteiger partial charge in [-0.15, -0.1) is 0 Å². The van der Waals surface area contributed by atoms with Crippen molar-refractivity contribution in [3.8, 4) is 16.9 Å². The Balaban J connectivity index is 1.80. The first-order valence-corrected chi connectivity index (χ1v) is 18.6. The Morgan fingerprint density at radius 1 is 0.946 bits per heavy atom. The number of hydrogen-bond acceptors (Lipinski definition) is 3. The van der Waals surface area contributed by atoms with Gasteiger partial charge in [0.15, 0.2) is 9.84 Å². The van der Waals surface area contributed by atoms with E-state index in [-0.39, 0.29) is 10.8 Å². The molecule has 0 radical (unpaired) electrons. The van der Waals surface area contributed by atoms with E-state index in [0.29, 0.717) is 11.3 Å². The molecule has 0 heterocycles. The van der Waals surface area contributed by atoms with E-state index in [0.717, 1.165) is 34.6 Å². The molecule has 4 fully saturated rings. The molecule has 3 nitrogen and oxygen atoms in total. The third kappa shape index (κ3) is 4.98. The van der Waals surface area contributed by atoms with Crippen molar-refractivity contribution in [3.63, 3.8) is 0 Å². The highest BCUT2D eigenvalue weighted by atomic mass is 32.2. The lowest BCUT2D eigenvalue weighted by atomic mass is 9.47. The van der Waals surface area contributed by atoms with Crippen LogP contribution in [-0.4, -0.2) is 17.5 Å². The average molecular weight is 537 g/mol. The zero-order chi connectivity index (χ0) is 26.6. The Bertz CT molecular complexity index is 1260. The fourth-order valence-corrected chi connectivity index (χ4v) is 10.0. The molecule has 5 heteroatoms. The van der Waals surface area contributed by atoms with Crippen molar-refractivity contribution in [2.24, 2.45) is 17.8 Å². The van der Waals surface area contributed by atoms with E-state index in [9.17, 15) is 8.42 Å². The molecule has 2 aromatic rings. The fraction of sp³-hybridized carbons (Fsp3) is 0.562. The van der Waals surface area contributed by atoms with Crippen LogP contribution in [0.25, 0.3) is 11.1 Å². The number of rotatable bonds is 7. The van der Waals surface area contributed by atoms with Crippen LogP contribution in [0.15, 0.2) is 52.8 Å². The highest BCUT2D eigenvalue weighted by molar-refractivity contribution is 7.94. The molecule has 0 amide bonds. The van der Waals surface area contributed by atoms with Crippen molar-refractivity contribution in [2.75, 3.05) is 0 Å². The molecule has 0 aromatic heterocycles. The minimum absolute atomic E-state index is 0.0245. The summed E-state index contributed by atoms with van der Waals surface area (Å²) in [6.45, 7) is 13.4. The van der Waals surface area contributed by atoms with Gasteiger partial charge in [-0.25, -0.2) is 8.42 Å². The number of allylic oxidation sites excluding steroid dienone is 1. The molecule has 6 rings (SSSR count). The van der Waals surface area contributed by atoms with Gasteiger partial charge in [0, 0.05) is 27.5 Å². The van der Waals surface area contributed by atoms with Crippen LogP contribution in [0.2, 0.25) is 13.1 Å². The van der Waals surface area contributed by atoms with Gasteiger partial charge in [-0.3, -0.25) is 0 Å². The average Bonchev–Trinajstić information content (AvgIpc) is 2.80. The molecule has 0 atom stereocenters. The number of hydrogen-bond donors (Lipinski definition) is 0. The summed E-state index contributed by atoms with van der Waals surface area (Å²) in [5.41, 5.74) is 4.62. The molecule has 0 N–H and O–H groups in total. The van der Waals surface area contributed by atoms with E-state index in [1.54, 1.807) is 12.1 Å². The summed E-state index contributed by atoms with van der Waals surface area (Å²) in [6, 6.07) is 12.0. The number of sulfone groups is 1. The molecule has 37 heavy (non-hydrogen) atoms. The predicted molar refractivity (Wildman–Crippen MR) is 157 cm³/mol. The zero-order valence-electron chi connectivity index (χ0n) is 23.5.